The van der Waals surface area contributed by atoms with Crippen molar-refractivity contribution in [2.45, 2.75) is 6.92 Å². The number of para-hydroxylation sites is 1. The van der Waals surface area contributed by atoms with Crippen LogP contribution in [0, 0.1) is 6.92 Å². The Hall–Kier alpha value is -4.11. The van der Waals surface area contributed by atoms with Crippen LogP contribution >= 0.6 is 11.3 Å². The Labute approximate surface area is 193 Å². The summed E-state index contributed by atoms with van der Waals surface area (Å²) >= 11 is 1.42. The molecule has 3 aromatic heterocycles. The molecule has 0 spiro atoms. The minimum atomic E-state index is -0.357. The van der Waals surface area contributed by atoms with Crippen molar-refractivity contribution in [2.24, 2.45) is 0 Å². The van der Waals surface area contributed by atoms with Gasteiger partial charge in [0, 0.05) is 22.4 Å². The molecule has 0 atom stereocenters. The molecule has 5 aromatic rings. The van der Waals surface area contributed by atoms with Gasteiger partial charge in [-0.25, -0.2) is 4.98 Å². The molecule has 0 saturated heterocycles. The van der Waals surface area contributed by atoms with Crippen molar-refractivity contribution in [2.75, 3.05) is 19.5 Å². The van der Waals surface area contributed by atoms with E-state index in [4.69, 9.17) is 18.9 Å². The molecule has 0 saturated carbocycles. The number of thiazole rings is 1. The number of fused-ring (bicyclic) bond motifs is 1. The number of nitrogens with one attached hydrogen (secondary N) is 1. The molecule has 0 radical (unpaired) electrons. The fourth-order valence-corrected chi connectivity index (χ4v) is 4.29. The first-order valence-electron chi connectivity index (χ1n) is 10.1. The second-order valence-electron chi connectivity index (χ2n) is 7.27. The quantitative estimate of drug-likeness (QED) is 0.369. The van der Waals surface area contributed by atoms with E-state index in [1.54, 1.807) is 31.0 Å². The number of carbonyl (C=O) groups excluding carboxylic acids is 1. The molecule has 2 aromatic carbocycles. The minimum absolute atomic E-state index is 0.228. The van der Waals surface area contributed by atoms with E-state index in [1.165, 1.54) is 11.3 Å². The lowest BCUT2D eigenvalue weighted by atomic mass is 10.1. The zero-order valence-corrected chi connectivity index (χ0v) is 19.0. The molecule has 1 amide bonds. The number of furan rings is 1. The largest absolute Gasteiger partial charge is 0.493 e. The van der Waals surface area contributed by atoms with E-state index in [9.17, 15) is 4.79 Å². The molecule has 5 rings (SSSR count). The molecular formula is C24H20N4O4S. The SMILES string of the molecule is COc1ccc(-c2csc(-n3nc(C)cc3NC(=O)c3cc4ccccc4o3)n2)cc1OC. The number of rotatable bonds is 6. The van der Waals surface area contributed by atoms with Crippen LogP contribution in [0.1, 0.15) is 16.2 Å². The van der Waals surface area contributed by atoms with E-state index in [0.29, 0.717) is 28.0 Å². The van der Waals surface area contributed by atoms with E-state index in [-0.39, 0.29) is 11.7 Å². The number of ether oxygens (including phenoxy) is 2. The molecule has 0 aliphatic carbocycles. The normalized spacial score (nSPS) is 11.0. The van der Waals surface area contributed by atoms with Crippen molar-refractivity contribution in [1.29, 1.82) is 0 Å². The van der Waals surface area contributed by atoms with Crippen LogP contribution in [-0.2, 0) is 0 Å². The maximum Gasteiger partial charge on any atom is 0.292 e. The third-order valence-corrected chi connectivity index (χ3v) is 5.89. The van der Waals surface area contributed by atoms with Crippen molar-refractivity contribution in [3.8, 4) is 27.9 Å². The molecule has 0 aliphatic heterocycles. The van der Waals surface area contributed by atoms with Crippen molar-refractivity contribution >= 4 is 34.0 Å². The highest BCUT2D eigenvalue weighted by Gasteiger charge is 2.18. The number of benzene rings is 2. The zero-order chi connectivity index (χ0) is 22.9. The molecule has 1 N–H and O–H groups in total. The Kier molecular flexibility index (Phi) is 5.31. The standard InChI is InChI=1S/C24H20N4O4S/c1-14-10-22(26-23(29)21-12-16-6-4-5-7-18(16)32-21)28(27-14)24-25-17(13-33-24)15-8-9-19(30-2)20(11-15)31-3/h4-13H,1-3H3,(H,26,29). The van der Waals surface area contributed by atoms with E-state index in [0.717, 1.165) is 22.3 Å². The Morgan fingerprint density at radius 3 is 2.67 bits per heavy atom. The van der Waals surface area contributed by atoms with Gasteiger partial charge in [-0.15, -0.1) is 11.3 Å². The van der Waals surface area contributed by atoms with Gasteiger partial charge in [-0.1, -0.05) is 18.2 Å². The van der Waals surface area contributed by atoms with Gasteiger partial charge < -0.3 is 19.2 Å². The van der Waals surface area contributed by atoms with E-state index in [1.807, 2.05) is 54.8 Å². The highest BCUT2D eigenvalue weighted by atomic mass is 32.1. The minimum Gasteiger partial charge on any atom is -0.493 e. The highest BCUT2D eigenvalue weighted by Crippen LogP contribution is 2.33. The smallest absolute Gasteiger partial charge is 0.292 e. The van der Waals surface area contributed by atoms with Crippen molar-refractivity contribution in [1.82, 2.24) is 14.8 Å². The third-order valence-electron chi connectivity index (χ3n) is 5.07. The number of amides is 1. The molecule has 3 heterocycles. The van der Waals surface area contributed by atoms with Crippen molar-refractivity contribution < 1.29 is 18.7 Å². The predicted octanol–water partition coefficient (Wildman–Crippen LogP) is 5.32. The van der Waals surface area contributed by atoms with Gasteiger partial charge in [0.05, 0.1) is 25.6 Å². The van der Waals surface area contributed by atoms with Crippen LogP contribution in [0.5, 0.6) is 11.5 Å². The van der Waals surface area contributed by atoms with E-state index < -0.39 is 0 Å². The number of aromatic nitrogens is 3. The molecule has 33 heavy (non-hydrogen) atoms. The summed E-state index contributed by atoms with van der Waals surface area (Å²) in [5, 5.41) is 10.8. The molecule has 8 nitrogen and oxygen atoms in total. The van der Waals surface area contributed by atoms with E-state index >= 15 is 0 Å². The van der Waals surface area contributed by atoms with Crippen LogP contribution in [0.4, 0.5) is 5.82 Å². The van der Waals surface area contributed by atoms with Gasteiger partial charge in [0.15, 0.2) is 17.3 Å². The number of hydrogen-bond acceptors (Lipinski definition) is 7. The number of aryl methyl sites for hydroxylation is 1. The maximum absolute atomic E-state index is 12.8. The molecule has 0 fully saturated rings. The van der Waals surface area contributed by atoms with Crippen molar-refractivity contribution in [3.63, 3.8) is 0 Å². The number of nitrogens with zero attached hydrogens (tertiary/aromatic N) is 3. The number of anilines is 1. The summed E-state index contributed by atoms with van der Waals surface area (Å²) in [4.78, 5) is 17.6. The number of carbonyl (C=O) groups is 1. The molecule has 0 unspecified atom stereocenters. The van der Waals surface area contributed by atoms with Crippen LogP contribution in [-0.4, -0.2) is 34.9 Å². The summed E-state index contributed by atoms with van der Waals surface area (Å²) in [6.07, 6.45) is 0. The Morgan fingerprint density at radius 2 is 1.88 bits per heavy atom. The van der Waals surface area contributed by atoms with Crippen LogP contribution < -0.4 is 14.8 Å². The van der Waals surface area contributed by atoms with Gasteiger partial charge in [0.2, 0.25) is 5.13 Å². The molecule has 0 aliphatic rings. The van der Waals surface area contributed by atoms with Crippen LogP contribution in [0.15, 0.2) is 64.4 Å². The zero-order valence-electron chi connectivity index (χ0n) is 18.2. The number of methoxy groups -OCH3 is 2. The molecule has 9 heteroatoms. The first-order valence-corrected chi connectivity index (χ1v) is 11.0. The Morgan fingerprint density at radius 1 is 1.06 bits per heavy atom. The summed E-state index contributed by atoms with van der Waals surface area (Å²) in [6.45, 7) is 1.86. The average molecular weight is 461 g/mol. The second-order valence-corrected chi connectivity index (χ2v) is 8.11. The second kappa shape index (κ2) is 8.44. The summed E-state index contributed by atoms with van der Waals surface area (Å²) in [5.74, 6) is 1.65. The maximum atomic E-state index is 12.8. The van der Waals surface area contributed by atoms with Gasteiger partial charge in [-0.05, 0) is 37.3 Å². The Balaban J connectivity index is 1.43. The highest BCUT2D eigenvalue weighted by molar-refractivity contribution is 7.12. The average Bonchev–Trinajstić information content (AvgIpc) is 3.56. The summed E-state index contributed by atoms with van der Waals surface area (Å²) in [7, 11) is 3.19. The predicted molar refractivity (Wildman–Crippen MR) is 127 cm³/mol. The molecule has 0 bridgehead atoms. The lowest BCUT2D eigenvalue weighted by Crippen LogP contribution is -2.14. The fraction of sp³-hybridized carbons (Fsp3) is 0.125. The molecular weight excluding hydrogens is 440 g/mol. The first-order chi connectivity index (χ1) is 16.1. The summed E-state index contributed by atoms with van der Waals surface area (Å²) in [5.41, 5.74) is 3.05. The topological polar surface area (TPSA) is 91.4 Å². The van der Waals surface area contributed by atoms with Gasteiger partial charge in [0.1, 0.15) is 11.4 Å². The van der Waals surface area contributed by atoms with Gasteiger partial charge >= 0.3 is 0 Å². The van der Waals surface area contributed by atoms with Gasteiger partial charge in [-0.3, -0.25) is 4.79 Å². The van der Waals surface area contributed by atoms with Crippen molar-refractivity contribution in [3.05, 3.63) is 71.4 Å². The fourth-order valence-electron chi connectivity index (χ4n) is 3.50. The monoisotopic (exact) mass is 460 g/mol. The number of hydrogen-bond donors (Lipinski definition) is 1. The van der Waals surface area contributed by atoms with Crippen LogP contribution in [0.2, 0.25) is 0 Å². The third kappa shape index (κ3) is 3.94. The van der Waals surface area contributed by atoms with Crippen LogP contribution in [0.25, 0.3) is 27.4 Å². The first kappa shape index (κ1) is 20.8. The summed E-state index contributed by atoms with van der Waals surface area (Å²) < 4.78 is 18.0. The summed E-state index contributed by atoms with van der Waals surface area (Å²) in [6, 6.07) is 16.6. The van der Waals surface area contributed by atoms with Crippen LogP contribution in [0.3, 0.4) is 0 Å². The van der Waals surface area contributed by atoms with Gasteiger partial charge in [-0.2, -0.15) is 9.78 Å². The molecule has 166 valence electrons. The van der Waals surface area contributed by atoms with Gasteiger partial charge in [0.25, 0.3) is 5.91 Å². The Bertz CT molecular complexity index is 1430. The lowest BCUT2D eigenvalue weighted by molar-refractivity contribution is 0.0998. The van der Waals surface area contributed by atoms with E-state index in [2.05, 4.69) is 10.4 Å². The lowest BCUT2D eigenvalue weighted by Gasteiger charge is -2.08.